The van der Waals surface area contributed by atoms with E-state index in [-0.39, 0.29) is 29.9 Å². The van der Waals surface area contributed by atoms with Crippen LogP contribution in [0.25, 0.3) is 33.8 Å². The minimum Gasteiger partial charge on any atom is -0.383 e. The number of aromatic amines is 3. The highest BCUT2D eigenvalue weighted by Crippen LogP contribution is 2.37. The molecule has 0 bridgehead atoms. The lowest BCUT2D eigenvalue weighted by Crippen LogP contribution is -2.34. The zero-order valence-corrected chi connectivity index (χ0v) is 57.9. The van der Waals surface area contributed by atoms with Gasteiger partial charge in [0.1, 0.15) is 17.5 Å². The van der Waals surface area contributed by atoms with E-state index in [1.54, 1.807) is 33.2 Å². The van der Waals surface area contributed by atoms with E-state index in [1.807, 2.05) is 109 Å². The van der Waals surface area contributed by atoms with Crippen LogP contribution in [-0.2, 0) is 69.6 Å². The second-order valence-electron chi connectivity index (χ2n) is 26.3. The average molecular weight is 1360 g/mol. The summed E-state index contributed by atoms with van der Waals surface area (Å²) in [5.41, 5.74) is 13.3. The first-order valence-corrected chi connectivity index (χ1v) is 34.9. The maximum absolute atomic E-state index is 12.2. The molecule has 16 rings (SSSR count). The first-order chi connectivity index (χ1) is 49.5. The van der Waals surface area contributed by atoms with Crippen LogP contribution in [0.4, 0.5) is 52.8 Å². The summed E-state index contributed by atoms with van der Waals surface area (Å²) < 4.78 is 16.3. The predicted molar refractivity (Wildman–Crippen MR) is 389 cm³/mol. The van der Waals surface area contributed by atoms with E-state index in [0.717, 1.165) is 157 Å². The van der Waals surface area contributed by atoms with Gasteiger partial charge in [0.25, 0.3) is 0 Å². The van der Waals surface area contributed by atoms with Gasteiger partial charge in [0.2, 0.25) is 29.7 Å². The topological polar surface area (TPSA) is 281 Å². The van der Waals surface area contributed by atoms with Crippen LogP contribution in [0.15, 0.2) is 140 Å². The molecule has 0 radical (unpaired) electrons. The number of anilines is 9. The van der Waals surface area contributed by atoms with Crippen molar-refractivity contribution in [3.8, 4) is 33.8 Å². The fourth-order valence-corrected chi connectivity index (χ4v) is 14.3. The van der Waals surface area contributed by atoms with Gasteiger partial charge in [-0.25, -0.2) is 15.0 Å². The van der Waals surface area contributed by atoms with Gasteiger partial charge in [0.05, 0.1) is 98.3 Å². The van der Waals surface area contributed by atoms with Crippen LogP contribution in [0.5, 0.6) is 0 Å². The number of nitrogens with one attached hydrogen (secondary N) is 6. The molecule has 26 nitrogen and oxygen atoms in total. The molecule has 3 fully saturated rings. The number of aromatic nitrogens is 12. The van der Waals surface area contributed by atoms with E-state index >= 15 is 0 Å². The maximum atomic E-state index is 12.2. The zero-order valence-electron chi connectivity index (χ0n) is 57.9. The number of benzene rings is 4. The average Bonchev–Trinajstić information content (AvgIpc) is 1.72. The normalized spacial score (nSPS) is 17.5. The van der Waals surface area contributed by atoms with E-state index in [4.69, 9.17) is 44.1 Å². The molecule has 3 saturated heterocycles. The second kappa shape index (κ2) is 31.3. The van der Waals surface area contributed by atoms with E-state index in [1.165, 1.54) is 11.1 Å². The van der Waals surface area contributed by atoms with Crippen molar-refractivity contribution >= 4 is 64.6 Å². The van der Waals surface area contributed by atoms with Crippen LogP contribution in [0.3, 0.4) is 0 Å². The number of nitrogens with zero attached hydrogens (tertiary/aromatic N) is 15. The molecule has 6 N–H and O–H groups in total. The van der Waals surface area contributed by atoms with Crippen molar-refractivity contribution in [2.24, 2.45) is 0 Å². The third-order valence-electron chi connectivity index (χ3n) is 19.4. The van der Waals surface area contributed by atoms with Gasteiger partial charge in [-0.2, -0.15) is 30.2 Å². The monoisotopic (exact) mass is 1360 g/mol. The molecule has 3 atom stereocenters. The number of carbonyl (C=O) groups is 2. The van der Waals surface area contributed by atoms with Gasteiger partial charge in [0, 0.05) is 126 Å². The summed E-state index contributed by atoms with van der Waals surface area (Å²) in [7, 11) is 5.21. The van der Waals surface area contributed by atoms with Gasteiger partial charge < -0.3 is 54.7 Å². The molecule has 12 heterocycles. The van der Waals surface area contributed by atoms with Crippen LogP contribution in [0.2, 0.25) is 0 Å². The Bertz CT molecular complexity index is 4440. The minimum absolute atomic E-state index is 0.0504. The first kappa shape index (κ1) is 67.5. The largest absolute Gasteiger partial charge is 0.383 e. The van der Waals surface area contributed by atoms with Crippen molar-refractivity contribution in [3.05, 3.63) is 179 Å². The fraction of sp³-hybridized carbons (Fsp3) is 0.373. The van der Waals surface area contributed by atoms with Gasteiger partial charge in [-0.1, -0.05) is 128 Å². The van der Waals surface area contributed by atoms with E-state index < -0.39 is 0 Å². The number of rotatable bonds is 21. The van der Waals surface area contributed by atoms with Gasteiger partial charge in [-0.3, -0.25) is 29.8 Å². The molecule has 6 aliphatic heterocycles. The molecular weight excluding hydrogens is 1270 g/mol. The zero-order chi connectivity index (χ0) is 69.2. The Morgan fingerprint density at radius 3 is 1.19 bits per heavy atom. The number of carbonyl (C=O) groups excluding carboxylic acids is 2. The summed E-state index contributed by atoms with van der Waals surface area (Å²) >= 11 is 0. The molecule has 101 heavy (non-hydrogen) atoms. The Morgan fingerprint density at radius 1 is 0.455 bits per heavy atom. The Morgan fingerprint density at radius 2 is 0.812 bits per heavy atom. The summed E-state index contributed by atoms with van der Waals surface area (Å²) in [5.74, 6) is 6.63. The van der Waals surface area contributed by atoms with E-state index in [0.29, 0.717) is 87.6 Å². The molecule has 2 amide bonds. The van der Waals surface area contributed by atoms with Crippen LogP contribution in [0.1, 0.15) is 98.1 Å². The first-order valence-electron chi connectivity index (χ1n) is 34.9. The highest BCUT2D eigenvalue weighted by molar-refractivity contribution is 5.78. The van der Waals surface area contributed by atoms with Gasteiger partial charge in [-0.05, 0) is 44.1 Å². The molecule has 6 aromatic heterocycles. The molecule has 0 spiro atoms. The second-order valence-corrected chi connectivity index (χ2v) is 26.3. The van der Waals surface area contributed by atoms with E-state index in [9.17, 15) is 9.59 Å². The molecule has 0 saturated carbocycles. The lowest BCUT2D eigenvalue weighted by molar-refractivity contribution is -0.131. The molecule has 6 aliphatic rings. The van der Waals surface area contributed by atoms with Gasteiger partial charge >= 0.3 is 0 Å². The van der Waals surface area contributed by atoms with Crippen molar-refractivity contribution < 1.29 is 23.8 Å². The Balaban J connectivity index is 0.000000129. The highest BCUT2D eigenvalue weighted by Gasteiger charge is 2.34. The number of hydrogen-bond acceptors (Lipinski definition) is 21. The highest BCUT2D eigenvalue weighted by atomic mass is 16.5. The van der Waals surface area contributed by atoms with Crippen molar-refractivity contribution in [2.45, 2.75) is 123 Å². The van der Waals surface area contributed by atoms with Crippen LogP contribution in [0, 0.1) is 0 Å². The number of methoxy groups -OCH3 is 3. The fourth-order valence-electron chi connectivity index (χ4n) is 14.3. The summed E-state index contributed by atoms with van der Waals surface area (Å²) in [5, 5.41) is 33.1. The SMILES string of the molecule is CCC(=O)N1Cc2[nH]nc(Nc3cc(-c4ccccc4)nc(N4CCC[C@H]4COC)n3)c2C1.COC[C@@H]1CCCN1c1nc(Nc2n[nH]c3c2CN(C(C)=O)C3)cc(-c2ccccc2)n1.COC[C@@H]1CCCN1c1nc(Nc2n[nH]c3c2CN(Cc2ccccc2)C3)cc(-c2ccccc2)n1. The molecule has 522 valence electrons. The molecule has 10 aromatic rings. The number of hydrogen-bond donors (Lipinski definition) is 6. The summed E-state index contributed by atoms with van der Waals surface area (Å²) in [6, 6.07) is 47.8. The quantitative estimate of drug-likeness (QED) is 0.0390. The van der Waals surface area contributed by atoms with Crippen LogP contribution < -0.4 is 30.7 Å². The summed E-state index contributed by atoms with van der Waals surface area (Å²) in [4.78, 5) is 66.1. The number of ether oxygens (including phenoxy) is 3. The Kier molecular flexibility index (Phi) is 20.9. The molecule has 0 unspecified atom stereocenters. The molecule has 26 heteroatoms. The number of fused-ring (bicyclic) bond motifs is 3. The number of H-pyrrole nitrogens is 3. The lowest BCUT2D eigenvalue weighted by Gasteiger charge is -2.25. The Hall–Kier alpha value is -10.7. The van der Waals surface area contributed by atoms with Crippen LogP contribution in [-0.4, -0.2) is 166 Å². The number of amides is 2. The van der Waals surface area contributed by atoms with Crippen LogP contribution >= 0.6 is 0 Å². The standard InChI is InChI=1S/C28H31N7O.C24H29N7O2.C23H27N7O2/c1-36-19-22-13-8-14-35(22)28-29-24(21-11-6-3-7-12-21)15-26(31-28)30-27-23-17-34(18-25(23)32-33-27)16-20-9-4-2-5-10-20;1-3-22(32)30-13-18-20(14-30)28-29-23(18)26-21-12-19(16-8-5-4-6-9-16)25-24(27-21)31-11-7-10-17(31)15-33-2;1-15(31)29-12-18-20(13-29)27-28-22(18)25-21-11-19(16-7-4-3-5-8-16)24-23(26-21)30-10-6-9-17(30)14-32-2/h2-7,9-12,15,22H,8,13-14,16-19H2,1H3,(H2,29,30,31,32,33);4-6,8-9,12,17H,3,7,10-11,13-15H2,1-2H3,(H2,25,26,27,28,29);3-5,7-8,11,17H,6,9-10,12-14H2,1-2H3,(H2,24,25,26,27,28)/t22-;2*17-/m000/s1. The third-order valence-corrected chi connectivity index (χ3v) is 19.4. The third kappa shape index (κ3) is 15.5. The molecular formula is C75H87N21O5. The van der Waals surface area contributed by atoms with Crippen molar-refractivity contribution in [1.29, 1.82) is 0 Å². The minimum atomic E-state index is 0.0504. The summed E-state index contributed by atoms with van der Waals surface area (Å²) in [6.07, 6.45) is 6.98. The smallest absolute Gasteiger partial charge is 0.228 e. The van der Waals surface area contributed by atoms with E-state index in [2.05, 4.69) is 109 Å². The summed E-state index contributed by atoms with van der Waals surface area (Å²) in [6.45, 7) is 13.0. The van der Waals surface area contributed by atoms with Crippen molar-refractivity contribution in [1.82, 2.24) is 75.2 Å². The lowest BCUT2D eigenvalue weighted by atomic mass is 10.1. The van der Waals surface area contributed by atoms with Gasteiger partial charge in [0.15, 0.2) is 17.5 Å². The molecule has 4 aromatic carbocycles. The Labute approximate surface area is 587 Å². The van der Waals surface area contributed by atoms with Crippen molar-refractivity contribution in [3.63, 3.8) is 0 Å². The molecule has 0 aliphatic carbocycles. The predicted octanol–water partition coefficient (Wildman–Crippen LogP) is 11.3. The van der Waals surface area contributed by atoms with Crippen molar-refractivity contribution in [2.75, 3.05) is 91.4 Å². The van der Waals surface area contributed by atoms with Gasteiger partial charge in [-0.15, -0.1) is 0 Å². The maximum Gasteiger partial charge on any atom is 0.228 e.